The molecule has 1 atom stereocenters. The molecule has 0 bridgehead atoms. The van der Waals surface area contributed by atoms with Gasteiger partial charge in [-0.15, -0.1) is 11.3 Å². The van der Waals surface area contributed by atoms with Crippen molar-refractivity contribution in [2.75, 3.05) is 11.9 Å². The number of hydrogen-bond donors (Lipinski definition) is 1. The third kappa shape index (κ3) is 3.59. The Morgan fingerprint density at radius 3 is 2.86 bits per heavy atom. The van der Waals surface area contributed by atoms with Crippen LogP contribution < -0.4 is 5.32 Å². The molecule has 0 radical (unpaired) electrons. The first-order valence-corrected chi connectivity index (χ1v) is 12.3. The van der Waals surface area contributed by atoms with Crippen molar-refractivity contribution in [3.63, 3.8) is 0 Å². The summed E-state index contributed by atoms with van der Waals surface area (Å²) in [4.78, 5) is 17.3. The van der Waals surface area contributed by atoms with Crippen molar-refractivity contribution in [3.05, 3.63) is 41.3 Å². The number of carbonyl (C=O) groups excluding carboxylic acids is 1. The second-order valence-electron chi connectivity index (χ2n) is 7.10. The van der Waals surface area contributed by atoms with E-state index < -0.39 is 16.1 Å². The Kier molecular flexibility index (Phi) is 5.26. The summed E-state index contributed by atoms with van der Waals surface area (Å²) < 4.78 is 28.3. The number of aromatic nitrogens is 1. The molecule has 1 amide bonds. The number of nitrogens with zero attached hydrogens (tertiary/aromatic N) is 2. The molecular formula is C19H21N3O3S3. The predicted molar refractivity (Wildman–Crippen MR) is 114 cm³/mol. The molecule has 1 N–H and O–H groups in total. The number of nitrogens with one attached hydrogen (secondary N) is 1. The minimum Gasteiger partial charge on any atom is -0.301 e. The van der Waals surface area contributed by atoms with Gasteiger partial charge in [0.25, 0.3) is 10.0 Å². The van der Waals surface area contributed by atoms with Crippen molar-refractivity contribution in [1.29, 1.82) is 0 Å². The summed E-state index contributed by atoms with van der Waals surface area (Å²) in [5.41, 5.74) is 2.05. The maximum Gasteiger partial charge on any atom is 0.253 e. The van der Waals surface area contributed by atoms with Crippen LogP contribution in [0, 0.1) is 0 Å². The molecule has 0 spiro atoms. The quantitative estimate of drug-likeness (QED) is 0.649. The van der Waals surface area contributed by atoms with Crippen molar-refractivity contribution in [2.24, 2.45) is 0 Å². The number of fused-ring (bicyclic) bond motifs is 1. The van der Waals surface area contributed by atoms with E-state index in [4.69, 9.17) is 0 Å². The molecule has 9 heteroatoms. The van der Waals surface area contributed by atoms with E-state index in [0.29, 0.717) is 30.4 Å². The molecule has 0 saturated carbocycles. The zero-order chi connectivity index (χ0) is 19.9. The number of hydrogen-bond acceptors (Lipinski definition) is 6. The van der Waals surface area contributed by atoms with Crippen LogP contribution in [0.2, 0.25) is 0 Å². The van der Waals surface area contributed by atoms with Crippen LogP contribution in [0.15, 0.2) is 39.9 Å². The SMILES string of the molecule is CC(C)c1ccc2nc(NC(=O)C3CCCN3S(=O)(=O)c3cccs3)sc2c1. The molecule has 6 nitrogen and oxygen atoms in total. The number of sulfonamides is 1. The normalized spacial score (nSPS) is 18.2. The van der Waals surface area contributed by atoms with Gasteiger partial charge in [-0.1, -0.05) is 37.3 Å². The Morgan fingerprint density at radius 1 is 1.32 bits per heavy atom. The van der Waals surface area contributed by atoms with E-state index in [0.717, 1.165) is 10.2 Å². The Balaban J connectivity index is 1.55. The minimum atomic E-state index is -3.65. The Bertz CT molecular complexity index is 1100. The smallest absolute Gasteiger partial charge is 0.253 e. The standard InChI is InChI=1S/C19H21N3O3S3/c1-12(2)13-7-8-14-16(11-13)27-19(20-14)21-18(23)15-5-3-9-22(15)28(24,25)17-6-4-10-26-17/h4,6-8,10-12,15H,3,5,9H2,1-2H3,(H,20,21,23). The molecular weight excluding hydrogens is 414 g/mol. The van der Waals surface area contributed by atoms with Crippen molar-refractivity contribution >= 4 is 54.0 Å². The molecule has 4 rings (SSSR count). The molecule has 1 aliphatic heterocycles. The molecule has 3 heterocycles. The molecule has 1 fully saturated rings. The summed E-state index contributed by atoms with van der Waals surface area (Å²) >= 11 is 2.58. The summed E-state index contributed by atoms with van der Waals surface area (Å²) in [6.07, 6.45) is 1.18. The van der Waals surface area contributed by atoms with E-state index in [-0.39, 0.29) is 10.1 Å². The van der Waals surface area contributed by atoms with Crippen LogP contribution in [-0.2, 0) is 14.8 Å². The number of rotatable bonds is 5. The molecule has 28 heavy (non-hydrogen) atoms. The van der Waals surface area contributed by atoms with Crippen LogP contribution in [0.25, 0.3) is 10.2 Å². The van der Waals surface area contributed by atoms with Crippen molar-refractivity contribution < 1.29 is 13.2 Å². The van der Waals surface area contributed by atoms with Crippen LogP contribution in [0.5, 0.6) is 0 Å². The van der Waals surface area contributed by atoms with Crippen LogP contribution in [0.1, 0.15) is 38.2 Å². The third-order valence-electron chi connectivity index (χ3n) is 4.87. The highest BCUT2D eigenvalue weighted by Crippen LogP contribution is 2.32. The summed E-state index contributed by atoms with van der Waals surface area (Å²) in [7, 11) is -3.65. The maximum absolute atomic E-state index is 12.8. The fourth-order valence-corrected chi connectivity index (χ4v) is 7.05. The molecule has 2 aromatic heterocycles. The molecule has 1 aliphatic rings. The first kappa shape index (κ1) is 19.5. The number of benzene rings is 1. The number of thiazole rings is 1. The van der Waals surface area contributed by atoms with Gasteiger partial charge in [-0.25, -0.2) is 13.4 Å². The lowest BCUT2D eigenvalue weighted by Gasteiger charge is -2.22. The van der Waals surface area contributed by atoms with Gasteiger partial charge in [0, 0.05) is 6.54 Å². The summed E-state index contributed by atoms with van der Waals surface area (Å²) in [6.45, 7) is 4.62. The zero-order valence-corrected chi connectivity index (χ0v) is 18.0. The topological polar surface area (TPSA) is 79.4 Å². The van der Waals surface area contributed by atoms with Gasteiger partial charge < -0.3 is 5.32 Å². The van der Waals surface area contributed by atoms with Gasteiger partial charge in [0.05, 0.1) is 10.2 Å². The Morgan fingerprint density at radius 2 is 2.14 bits per heavy atom. The summed E-state index contributed by atoms with van der Waals surface area (Å²) in [5, 5.41) is 5.06. The largest absolute Gasteiger partial charge is 0.301 e. The van der Waals surface area contributed by atoms with E-state index >= 15 is 0 Å². The highest BCUT2D eigenvalue weighted by Gasteiger charge is 2.40. The third-order valence-corrected chi connectivity index (χ3v) is 9.09. The second-order valence-corrected chi connectivity index (χ2v) is 11.2. The van der Waals surface area contributed by atoms with Gasteiger partial charge in [0.2, 0.25) is 5.91 Å². The van der Waals surface area contributed by atoms with Crippen LogP contribution in [0.4, 0.5) is 5.13 Å². The molecule has 148 valence electrons. The molecule has 1 unspecified atom stereocenters. The Hall–Kier alpha value is -1.81. The first-order chi connectivity index (χ1) is 13.4. The van der Waals surface area contributed by atoms with Gasteiger partial charge in [0.1, 0.15) is 10.3 Å². The number of carbonyl (C=O) groups is 1. The summed E-state index contributed by atoms with van der Waals surface area (Å²) in [5.74, 6) is 0.0971. The molecule has 3 aromatic rings. The van der Waals surface area contributed by atoms with E-state index in [1.54, 1.807) is 17.5 Å². The average molecular weight is 436 g/mol. The number of anilines is 1. The average Bonchev–Trinajstić information content (AvgIpc) is 3.39. The second kappa shape index (κ2) is 7.55. The van der Waals surface area contributed by atoms with Crippen LogP contribution >= 0.6 is 22.7 Å². The minimum absolute atomic E-state index is 0.272. The fraction of sp³-hybridized carbons (Fsp3) is 0.368. The Labute approximate surface area is 172 Å². The van der Waals surface area contributed by atoms with Crippen molar-refractivity contribution in [2.45, 2.75) is 42.9 Å². The zero-order valence-electron chi connectivity index (χ0n) is 15.6. The maximum atomic E-state index is 12.8. The van der Waals surface area contributed by atoms with Gasteiger partial charge in [-0.05, 0) is 47.9 Å². The number of thiophene rings is 1. The molecule has 1 saturated heterocycles. The lowest BCUT2D eigenvalue weighted by Crippen LogP contribution is -2.42. The first-order valence-electron chi connectivity index (χ1n) is 9.13. The lowest BCUT2D eigenvalue weighted by atomic mass is 10.0. The van der Waals surface area contributed by atoms with Gasteiger partial charge in [-0.2, -0.15) is 4.31 Å². The van der Waals surface area contributed by atoms with E-state index in [1.807, 2.05) is 12.1 Å². The highest BCUT2D eigenvalue weighted by molar-refractivity contribution is 7.91. The monoisotopic (exact) mass is 435 g/mol. The van der Waals surface area contributed by atoms with Crippen LogP contribution in [0.3, 0.4) is 0 Å². The summed E-state index contributed by atoms with van der Waals surface area (Å²) in [6, 6.07) is 8.67. The van der Waals surface area contributed by atoms with Gasteiger partial charge in [0.15, 0.2) is 5.13 Å². The molecule has 0 aliphatic carbocycles. The number of amides is 1. The van der Waals surface area contributed by atoms with Gasteiger partial charge >= 0.3 is 0 Å². The van der Waals surface area contributed by atoms with Gasteiger partial charge in [-0.3, -0.25) is 4.79 Å². The molecule has 1 aromatic carbocycles. The van der Waals surface area contributed by atoms with E-state index in [1.165, 1.54) is 32.5 Å². The van der Waals surface area contributed by atoms with Crippen molar-refractivity contribution in [3.8, 4) is 0 Å². The lowest BCUT2D eigenvalue weighted by molar-refractivity contribution is -0.119. The van der Waals surface area contributed by atoms with Crippen molar-refractivity contribution in [1.82, 2.24) is 9.29 Å². The van der Waals surface area contributed by atoms with Crippen LogP contribution in [-0.4, -0.2) is 36.2 Å². The highest BCUT2D eigenvalue weighted by atomic mass is 32.2. The van der Waals surface area contributed by atoms with E-state index in [2.05, 4.69) is 30.2 Å². The predicted octanol–water partition coefficient (Wildman–Crippen LogP) is 4.27. The van der Waals surface area contributed by atoms with E-state index in [9.17, 15) is 13.2 Å². The fourth-order valence-electron chi connectivity index (χ4n) is 3.36.